The number of fused-ring (bicyclic) bond motifs is 2. The van der Waals surface area contributed by atoms with Crippen molar-refractivity contribution >= 4 is 11.8 Å². The van der Waals surface area contributed by atoms with Gasteiger partial charge in [-0.3, -0.25) is 9.59 Å². The third-order valence-electron chi connectivity index (χ3n) is 3.11. The number of ketones is 1. The van der Waals surface area contributed by atoms with Gasteiger partial charge in [-0.25, -0.2) is 0 Å². The van der Waals surface area contributed by atoms with Crippen molar-refractivity contribution in [2.45, 2.75) is 32.8 Å². The van der Waals surface area contributed by atoms with Crippen molar-refractivity contribution in [1.82, 2.24) is 0 Å². The first-order valence-corrected chi connectivity index (χ1v) is 5.49. The van der Waals surface area contributed by atoms with Gasteiger partial charge in [0.25, 0.3) is 0 Å². The Bertz CT molecular complexity index is 317. The molecule has 3 nitrogen and oxygen atoms in total. The molecule has 2 aliphatic carbocycles. The fraction of sp³-hybridized carbons (Fsp3) is 0.667. The Hall–Kier alpha value is -1.12. The maximum absolute atomic E-state index is 11.6. The van der Waals surface area contributed by atoms with Gasteiger partial charge in [0.15, 0.2) is 0 Å². The van der Waals surface area contributed by atoms with Gasteiger partial charge in [0.2, 0.25) is 0 Å². The molecule has 0 heterocycles. The second kappa shape index (κ2) is 3.80. The van der Waals surface area contributed by atoms with Crippen LogP contribution in [-0.2, 0) is 14.3 Å². The predicted molar refractivity (Wildman–Crippen MR) is 55.1 cm³/mol. The van der Waals surface area contributed by atoms with Gasteiger partial charge in [0.1, 0.15) is 5.78 Å². The molecule has 3 heteroatoms. The van der Waals surface area contributed by atoms with Crippen molar-refractivity contribution in [3.05, 3.63) is 12.2 Å². The number of ether oxygens (including phenoxy) is 1. The summed E-state index contributed by atoms with van der Waals surface area (Å²) in [5.74, 6) is 0.349. The molecule has 1 saturated carbocycles. The highest BCUT2D eigenvalue weighted by Gasteiger charge is 2.44. The van der Waals surface area contributed by atoms with Crippen LogP contribution >= 0.6 is 0 Å². The molecule has 2 aliphatic rings. The standard InChI is InChI=1S/C12H16O3/c1-7(2)15-11(13)6-9-5-8-3-4-10(9)12(8)14/h3-4,7-10H,5-6H2,1-2H3. The first-order chi connectivity index (χ1) is 7.08. The number of rotatable bonds is 3. The zero-order chi connectivity index (χ0) is 11.0. The number of carbonyl (C=O) groups is 2. The van der Waals surface area contributed by atoms with E-state index in [1.807, 2.05) is 26.0 Å². The molecule has 2 bridgehead atoms. The fourth-order valence-electron chi connectivity index (χ4n) is 2.48. The minimum absolute atomic E-state index is 0.0188. The van der Waals surface area contributed by atoms with Gasteiger partial charge in [0.05, 0.1) is 6.10 Å². The molecular formula is C12H16O3. The van der Waals surface area contributed by atoms with E-state index in [1.165, 1.54) is 0 Å². The second-order valence-corrected chi connectivity index (χ2v) is 4.66. The number of hydrogen-bond donors (Lipinski definition) is 0. The van der Waals surface area contributed by atoms with Gasteiger partial charge in [-0.2, -0.15) is 0 Å². The SMILES string of the molecule is CC(C)OC(=O)CC1CC2C=CC1C2=O. The molecule has 0 amide bonds. The molecule has 0 aromatic rings. The van der Waals surface area contributed by atoms with Gasteiger partial charge < -0.3 is 4.74 Å². The smallest absolute Gasteiger partial charge is 0.306 e. The van der Waals surface area contributed by atoms with Gasteiger partial charge >= 0.3 is 5.97 Å². The minimum atomic E-state index is -0.177. The Morgan fingerprint density at radius 3 is 2.73 bits per heavy atom. The monoisotopic (exact) mass is 208 g/mol. The van der Waals surface area contributed by atoms with E-state index in [-0.39, 0.29) is 35.6 Å². The summed E-state index contributed by atoms with van der Waals surface area (Å²) in [6.45, 7) is 3.67. The van der Waals surface area contributed by atoms with Gasteiger partial charge in [-0.05, 0) is 26.2 Å². The predicted octanol–water partition coefficient (Wildman–Crippen LogP) is 1.72. The molecule has 0 aromatic carbocycles. The molecule has 0 aromatic heterocycles. The molecule has 2 rings (SSSR count). The van der Waals surface area contributed by atoms with E-state index in [2.05, 4.69) is 0 Å². The quantitative estimate of drug-likeness (QED) is 0.524. The molecule has 0 spiro atoms. The Morgan fingerprint density at radius 2 is 2.27 bits per heavy atom. The first kappa shape index (κ1) is 10.4. The summed E-state index contributed by atoms with van der Waals surface area (Å²) in [5.41, 5.74) is 0. The van der Waals surface area contributed by atoms with Crippen molar-refractivity contribution in [2.24, 2.45) is 17.8 Å². The molecule has 0 radical (unpaired) electrons. The maximum Gasteiger partial charge on any atom is 0.306 e. The van der Waals surface area contributed by atoms with E-state index in [0.29, 0.717) is 6.42 Å². The van der Waals surface area contributed by atoms with E-state index >= 15 is 0 Å². The van der Waals surface area contributed by atoms with E-state index < -0.39 is 0 Å². The van der Waals surface area contributed by atoms with Crippen molar-refractivity contribution in [1.29, 1.82) is 0 Å². The van der Waals surface area contributed by atoms with Crippen LogP contribution < -0.4 is 0 Å². The summed E-state index contributed by atoms with van der Waals surface area (Å²) < 4.78 is 5.08. The van der Waals surface area contributed by atoms with Gasteiger partial charge in [-0.1, -0.05) is 12.2 Å². The first-order valence-electron chi connectivity index (χ1n) is 5.49. The summed E-state index contributed by atoms with van der Waals surface area (Å²) in [6.07, 6.45) is 5.06. The summed E-state index contributed by atoms with van der Waals surface area (Å²) >= 11 is 0. The highest BCUT2D eigenvalue weighted by molar-refractivity contribution is 5.92. The number of esters is 1. The Balaban J connectivity index is 1.90. The minimum Gasteiger partial charge on any atom is -0.463 e. The van der Waals surface area contributed by atoms with E-state index in [1.54, 1.807) is 0 Å². The average molecular weight is 208 g/mol. The van der Waals surface area contributed by atoms with Crippen molar-refractivity contribution in [3.8, 4) is 0 Å². The van der Waals surface area contributed by atoms with E-state index in [4.69, 9.17) is 4.74 Å². The van der Waals surface area contributed by atoms with Gasteiger partial charge in [0, 0.05) is 18.3 Å². The summed E-state index contributed by atoms with van der Waals surface area (Å²) in [4.78, 5) is 23.0. The molecule has 82 valence electrons. The van der Waals surface area contributed by atoms with Crippen LogP contribution in [0.4, 0.5) is 0 Å². The third-order valence-corrected chi connectivity index (χ3v) is 3.11. The highest BCUT2D eigenvalue weighted by atomic mass is 16.5. The summed E-state index contributed by atoms with van der Waals surface area (Å²) in [5, 5.41) is 0. The molecule has 0 N–H and O–H groups in total. The Kier molecular flexibility index (Phi) is 2.63. The van der Waals surface area contributed by atoms with Crippen molar-refractivity contribution in [2.75, 3.05) is 0 Å². The van der Waals surface area contributed by atoms with Crippen molar-refractivity contribution < 1.29 is 14.3 Å². The molecule has 1 fully saturated rings. The molecule has 15 heavy (non-hydrogen) atoms. The maximum atomic E-state index is 11.6. The number of Topliss-reactive ketones (excluding diaryl/α,β-unsaturated/α-hetero) is 1. The van der Waals surface area contributed by atoms with Crippen LogP contribution in [0.1, 0.15) is 26.7 Å². The topological polar surface area (TPSA) is 43.4 Å². The molecule has 0 saturated heterocycles. The van der Waals surface area contributed by atoms with E-state index in [9.17, 15) is 9.59 Å². The lowest BCUT2D eigenvalue weighted by Crippen LogP contribution is -2.19. The lowest BCUT2D eigenvalue weighted by atomic mass is 9.90. The highest BCUT2D eigenvalue weighted by Crippen LogP contribution is 2.42. The largest absolute Gasteiger partial charge is 0.463 e. The summed E-state index contributed by atoms with van der Waals surface area (Å²) in [7, 11) is 0. The normalized spacial score (nSPS) is 32.7. The summed E-state index contributed by atoms with van der Waals surface area (Å²) in [6, 6.07) is 0. The molecule has 3 unspecified atom stereocenters. The van der Waals surface area contributed by atoms with Gasteiger partial charge in [-0.15, -0.1) is 0 Å². The number of hydrogen-bond acceptors (Lipinski definition) is 3. The van der Waals surface area contributed by atoms with Crippen LogP contribution in [0, 0.1) is 17.8 Å². The zero-order valence-corrected chi connectivity index (χ0v) is 9.10. The van der Waals surface area contributed by atoms with Crippen LogP contribution in [0.2, 0.25) is 0 Å². The fourth-order valence-corrected chi connectivity index (χ4v) is 2.48. The lowest BCUT2D eigenvalue weighted by Gasteiger charge is -2.16. The third kappa shape index (κ3) is 1.96. The van der Waals surface area contributed by atoms with Crippen LogP contribution in [0.15, 0.2) is 12.2 Å². The van der Waals surface area contributed by atoms with Crippen LogP contribution in [0.3, 0.4) is 0 Å². The molecular weight excluding hydrogens is 192 g/mol. The molecule has 0 aliphatic heterocycles. The van der Waals surface area contributed by atoms with E-state index in [0.717, 1.165) is 6.42 Å². The van der Waals surface area contributed by atoms with Crippen molar-refractivity contribution in [3.63, 3.8) is 0 Å². The van der Waals surface area contributed by atoms with Crippen LogP contribution in [0.25, 0.3) is 0 Å². The average Bonchev–Trinajstić information content (AvgIpc) is 2.59. The van der Waals surface area contributed by atoms with Crippen LogP contribution in [0.5, 0.6) is 0 Å². The number of allylic oxidation sites excluding steroid dienone is 2. The van der Waals surface area contributed by atoms with Crippen LogP contribution in [-0.4, -0.2) is 17.9 Å². The zero-order valence-electron chi connectivity index (χ0n) is 9.10. The number of carbonyl (C=O) groups excluding carboxylic acids is 2. The molecule has 3 atom stereocenters. The second-order valence-electron chi connectivity index (χ2n) is 4.66. The Morgan fingerprint density at radius 1 is 1.53 bits per heavy atom. The Labute approximate surface area is 89.5 Å². The lowest BCUT2D eigenvalue weighted by molar-refractivity contribution is -0.148.